The maximum Gasteiger partial charge on any atom is 0.248 e. The van der Waals surface area contributed by atoms with E-state index >= 15 is 0 Å². The molecule has 0 N–H and O–H groups in total. The Kier molecular flexibility index (Phi) is 7.13. The van der Waals surface area contributed by atoms with Gasteiger partial charge in [0.1, 0.15) is 10.0 Å². The van der Waals surface area contributed by atoms with Crippen LogP contribution in [0.25, 0.3) is 11.1 Å². The zero-order valence-corrected chi connectivity index (χ0v) is 24.0. The lowest BCUT2D eigenvalue weighted by Crippen LogP contribution is -2.50. The molecule has 40 heavy (non-hydrogen) atoms. The molecule has 0 radical (unpaired) electrons. The van der Waals surface area contributed by atoms with Crippen molar-refractivity contribution < 1.29 is 18.3 Å². The largest absolute Gasteiger partial charge is 0.481 e. The zero-order chi connectivity index (χ0) is 28.0. The van der Waals surface area contributed by atoms with Gasteiger partial charge in [-0.3, -0.25) is 4.79 Å². The molecule has 4 aliphatic carbocycles. The first-order valence-electron chi connectivity index (χ1n) is 14.3. The van der Waals surface area contributed by atoms with Crippen LogP contribution in [0.2, 0.25) is 0 Å². The van der Waals surface area contributed by atoms with Gasteiger partial charge in [-0.05, 0) is 92.5 Å². The number of alkyl halides is 2. The molecule has 1 amide bonds. The maximum atomic E-state index is 14.0. The number of halogens is 2. The van der Waals surface area contributed by atoms with E-state index in [-0.39, 0.29) is 41.9 Å². The van der Waals surface area contributed by atoms with Crippen molar-refractivity contribution in [2.75, 3.05) is 18.6 Å². The van der Waals surface area contributed by atoms with Crippen LogP contribution in [0.5, 0.6) is 5.88 Å². The molecule has 9 heteroatoms. The number of nitrogens with zero attached hydrogens (tertiary/aromatic N) is 4. The summed E-state index contributed by atoms with van der Waals surface area (Å²) in [6.07, 6.45) is 8.18. The highest BCUT2D eigenvalue weighted by atomic mass is 32.1. The van der Waals surface area contributed by atoms with Crippen LogP contribution in [-0.2, 0) is 10.2 Å². The first kappa shape index (κ1) is 27.2. The highest BCUT2D eigenvalue weighted by Crippen LogP contribution is 2.58. The van der Waals surface area contributed by atoms with Crippen molar-refractivity contribution in [2.24, 2.45) is 11.3 Å². The molecule has 0 aliphatic heterocycles. The Hall–Kier alpha value is -2.94. The number of pyridine rings is 1. The van der Waals surface area contributed by atoms with Gasteiger partial charge in [0, 0.05) is 49.2 Å². The maximum absolute atomic E-state index is 14.0. The van der Waals surface area contributed by atoms with Crippen molar-refractivity contribution in [3.8, 4) is 17.0 Å². The Morgan fingerprint density at radius 2 is 1.80 bits per heavy atom. The van der Waals surface area contributed by atoms with E-state index in [0.717, 1.165) is 65.4 Å². The fraction of sp³-hybridized carbons (Fsp3) is 0.548. The minimum atomic E-state index is -2.66. The van der Waals surface area contributed by atoms with Gasteiger partial charge in [-0.1, -0.05) is 12.1 Å². The fourth-order valence-electron chi connectivity index (χ4n) is 7.12. The molecule has 2 bridgehead atoms. The van der Waals surface area contributed by atoms with Crippen LogP contribution in [0.4, 0.5) is 14.5 Å². The minimum absolute atomic E-state index is 0.0205. The van der Waals surface area contributed by atoms with Crippen molar-refractivity contribution in [3.05, 3.63) is 52.6 Å². The second-order valence-electron chi connectivity index (χ2n) is 12.2. The quantitative estimate of drug-likeness (QED) is 0.285. The van der Waals surface area contributed by atoms with Gasteiger partial charge >= 0.3 is 0 Å². The summed E-state index contributed by atoms with van der Waals surface area (Å²) in [5.41, 5.74) is 2.85. The highest BCUT2D eigenvalue weighted by Gasteiger charge is 2.52. The minimum Gasteiger partial charge on any atom is -0.481 e. The van der Waals surface area contributed by atoms with E-state index in [0.29, 0.717) is 18.8 Å². The summed E-state index contributed by atoms with van der Waals surface area (Å²) in [6.45, 7) is 2.62. The van der Waals surface area contributed by atoms with Gasteiger partial charge in [0.15, 0.2) is 0 Å². The molecule has 2 heterocycles. The number of rotatable bonds is 8. The average molecular weight is 567 g/mol. The number of methoxy groups -OCH3 is 1. The van der Waals surface area contributed by atoms with E-state index in [2.05, 4.69) is 15.2 Å². The van der Waals surface area contributed by atoms with Crippen LogP contribution in [-0.4, -0.2) is 40.7 Å². The summed E-state index contributed by atoms with van der Waals surface area (Å²) in [5, 5.41) is 11.0. The van der Waals surface area contributed by atoms with Crippen LogP contribution in [0, 0.1) is 18.3 Å². The van der Waals surface area contributed by atoms with Crippen molar-refractivity contribution in [2.45, 2.75) is 82.5 Å². The zero-order valence-electron chi connectivity index (χ0n) is 23.2. The number of carbonyl (C=O) groups is 1. The smallest absolute Gasteiger partial charge is 0.248 e. The van der Waals surface area contributed by atoms with Crippen LogP contribution in [0.15, 0.2) is 42.6 Å². The molecule has 0 saturated heterocycles. The number of anilines is 1. The van der Waals surface area contributed by atoms with E-state index in [1.165, 1.54) is 0 Å². The van der Waals surface area contributed by atoms with Crippen LogP contribution in [0.3, 0.4) is 0 Å². The summed E-state index contributed by atoms with van der Waals surface area (Å²) in [5.74, 6) is -2.46. The van der Waals surface area contributed by atoms with Gasteiger partial charge in [-0.25, -0.2) is 13.8 Å². The highest BCUT2D eigenvalue weighted by molar-refractivity contribution is 7.11. The van der Waals surface area contributed by atoms with E-state index in [9.17, 15) is 13.6 Å². The predicted molar refractivity (Wildman–Crippen MR) is 152 cm³/mol. The molecule has 1 atom stereocenters. The lowest BCUT2D eigenvalue weighted by atomic mass is 9.53. The second-order valence-corrected chi connectivity index (χ2v) is 13.4. The Morgan fingerprint density at radius 3 is 2.45 bits per heavy atom. The molecular formula is C31H36F2N4O2S. The molecule has 4 aliphatic rings. The lowest BCUT2D eigenvalue weighted by molar-refractivity contribution is -0.120. The van der Waals surface area contributed by atoms with Gasteiger partial charge in [0.25, 0.3) is 0 Å². The molecule has 212 valence electrons. The molecule has 1 unspecified atom stereocenters. The Morgan fingerprint density at radius 1 is 1.05 bits per heavy atom. The third kappa shape index (κ3) is 5.37. The average Bonchev–Trinajstić information content (AvgIpc) is 3.57. The topological polar surface area (TPSA) is 68.2 Å². The van der Waals surface area contributed by atoms with E-state index in [1.807, 2.05) is 48.2 Å². The van der Waals surface area contributed by atoms with E-state index in [1.54, 1.807) is 24.6 Å². The Bertz CT molecular complexity index is 1370. The Balaban J connectivity index is 1.27. The molecule has 6 nitrogen and oxygen atoms in total. The number of amides is 1. The van der Waals surface area contributed by atoms with Gasteiger partial charge in [0.05, 0.1) is 7.11 Å². The molecule has 3 aromatic rings. The first-order valence-corrected chi connectivity index (χ1v) is 15.1. The van der Waals surface area contributed by atoms with E-state index in [4.69, 9.17) is 4.74 Å². The fourth-order valence-corrected chi connectivity index (χ4v) is 8.08. The molecule has 7 rings (SSSR count). The van der Waals surface area contributed by atoms with Crippen molar-refractivity contribution in [1.29, 1.82) is 0 Å². The monoisotopic (exact) mass is 566 g/mol. The van der Waals surface area contributed by atoms with Crippen molar-refractivity contribution >= 4 is 22.9 Å². The Labute approximate surface area is 238 Å². The summed E-state index contributed by atoms with van der Waals surface area (Å²) < 4.78 is 33.3. The van der Waals surface area contributed by atoms with Crippen molar-refractivity contribution in [1.82, 2.24) is 15.2 Å². The number of carbonyl (C=O) groups excluding carboxylic acids is 1. The normalized spacial score (nSPS) is 27.1. The first-order chi connectivity index (χ1) is 19.2. The van der Waals surface area contributed by atoms with Crippen molar-refractivity contribution in [3.63, 3.8) is 0 Å². The lowest BCUT2D eigenvalue weighted by Gasteiger charge is -2.53. The summed E-state index contributed by atoms with van der Waals surface area (Å²) >= 11 is 1.72. The number of hydrogen-bond acceptors (Lipinski definition) is 6. The van der Waals surface area contributed by atoms with Gasteiger partial charge in [0.2, 0.25) is 17.7 Å². The second kappa shape index (κ2) is 10.5. The third-order valence-electron chi connectivity index (χ3n) is 9.58. The number of benzene rings is 1. The molecule has 4 fully saturated rings. The SMILES string of the molecule is COc1cc(-c2cccc(N(CC34CCC(c5nnc(C)s5)(CC3)CC4)C(=O)CC3CCC(F)(F)C3)c2)ccn1. The van der Waals surface area contributed by atoms with Gasteiger partial charge in [-0.2, -0.15) is 0 Å². The molecule has 0 spiro atoms. The molecule has 2 aromatic heterocycles. The third-order valence-corrected chi connectivity index (χ3v) is 10.7. The van der Waals surface area contributed by atoms with E-state index < -0.39 is 5.92 Å². The molecule has 4 saturated carbocycles. The number of fused-ring (bicyclic) bond motifs is 3. The number of aryl methyl sites for hydroxylation is 1. The van der Waals surface area contributed by atoms with Crippen LogP contribution in [0.1, 0.15) is 74.2 Å². The standard InChI is InChI=1S/C31H36F2N4O2S/c1-21-35-36-28(40-21)30-12-9-29(10-13-30,11-14-30)20-37(27(38)16-22-6-8-31(32,33)19-22)25-5-3-4-23(17-25)24-7-15-34-26(18-24)39-2/h3-5,7,15,17-18,22H,6,8-14,16,19-20H2,1-2H3. The molecular weight excluding hydrogens is 530 g/mol. The van der Waals surface area contributed by atoms with Gasteiger partial charge in [-0.15, -0.1) is 21.5 Å². The molecule has 1 aromatic carbocycles. The predicted octanol–water partition coefficient (Wildman–Crippen LogP) is 7.37. The number of ether oxygens (including phenoxy) is 1. The van der Waals surface area contributed by atoms with Crippen LogP contribution >= 0.6 is 11.3 Å². The summed E-state index contributed by atoms with van der Waals surface area (Å²) in [4.78, 5) is 20.0. The van der Waals surface area contributed by atoms with Gasteiger partial charge < -0.3 is 9.64 Å². The number of hydrogen-bond donors (Lipinski definition) is 0. The summed E-state index contributed by atoms with van der Waals surface area (Å²) in [6, 6.07) is 11.8. The number of aromatic nitrogens is 3. The van der Waals surface area contributed by atoms with Crippen LogP contribution < -0.4 is 9.64 Å². The summed E-state index contributed by atoms with van der Waals surface area (Å²) in [7, 11) is 1.59.